The molecule has 1 rings (SSSR count). The molecule has 0 spiro atoms. The summed E-state index contributed by atoms with van der Waals surface area (Å²) in [5.74, 6) is 0.603. The van der Waals surface area contributed by atoms with Crippen LogP contribution in [-0.4, -0.2) is 7.11 Å². The van der Waals surface area contributed by atoms with Gasteiger partial charge in [0.15, 0.2) is 0 Å². The third-order valence-corrected chi connectivity index (χ3v) is 2.29. The molecule has 0 aliphatic rings. The zero-order valence-corrected chi connectivity index (χ0v) is 9.19. The zero-order valence-electron chi connectivity index (χ0n) is 7.68. The highest BCUT2D eigenvalue weighted by atomic mass is 35.5. The lowest BCUT2D eigenvalue weighted by atomic mass is 10.1. The Morgan fingerprint density at radius 2 is 2.14 bits per heavy atom. The number of methoxy groups -OCH3 is 1. The van der Waals surface area contributed by atoms with Crippen LogP contribution >= 0.6 is 23.2 Å². The molecule has 0 aromatic heterocycles. The van der Waals surface area contributed by atoms with Crippen LogP contribution in [0.1, 0.15) is 12.0 Å². The minimum atomic E-state index is 0.424. The molecule has 1 aromatic rings. The van der Waals surface area contributed by atoms with Crippen molar-refractivity contribution in [2.45, 2.75) is 12.8 Å². The fourth-order valence-corrected chi connectivity index (χ4v) is 1.83. The van der Waals surface area contributed by atoms with Gasteiger partial charge in [0.1, 0.15) is 5.75 Å². The third-order valence-electron chi connectivity index (χ3n) is 1.80. The Hall–Kier alpha value is -0.910. The Labute approximate surface area is 93.0 Å². The second-order valence-corrected chi connectivity index (χ2v) is 3.58. The summed E-state index contributed by atoms with van der Waals surface area (Å²) in [4.78, 5) is 0. The first-order valence-corrected chi connectivity index (χ1v) is 4.83. The van der Waals surface area contributed by atoms with E-state index in [1.54, 1.807) is 19.2 Å². The third kappa shape index (κ3) is 2.54. The molecule has 0 saturated heterocycles. The van der Waals surface area contributed by atoms with Gasteiger partial charge in [-0.3, -0.25) is 0 Å². The van der Waals surface area contributed by atoms with E-state index in [1.165, 1.54) is 0 Å². The Bertz CT molecular complexity index is 371. The normalized spacial score (nSPS) is 9.57. The fraction of sp³-hybridized carbons (Fsp3) is 0.300. The second-order valence-electron chi connectivity index (χ2n) is 2.74. The minimum absolute atomic E-state index is 0.424. The van der Waals surface area contributed by atoms with Gasteiger partial charge in [0.2, 0.25) is 0 Å². The van der Waals surface area contributed by atoms with Crippen LogP contribution in [0, 0.1) is 11.3 Å². The maximum absolute atomic E-state index is 8.47. The average molecular weight is 230 g/mol. The number of nitrogens with zero attached hydrogens (tertiary/aromatic N) is 1. The van der Waals surface area contributed by atoms with Gasteiger partial charge in [0.25, 0.3) is 0 Å². The first kappa shape index (κ1) is 11.2. The molecule has 74 valence electrons. The molecule has 0 fully saturated rings. The molecule has 4 heteroatoms. The van der Waals surface area contributed by atoms with Crippen molar-refractivity contribution in [3.8, 4) is 11.8 Å². The maximum Gasteiger partial charge on any atom is 0.140 e. The van der Waals surface area contributed by atoms with Gasteiger partial charge in [0, 0.05) is 11.4 Å². The molecule has 0 saturated carbocycles. The van der Waals surface area contributed by atoms with Gasteiger partial charge in [-0.05, 0) is 24.1 Å². The molecule has 2 nitrogen and oxygen atoms in total. The Balaban J connectivity index is 3.06. The molecule has 1 aromatic carbocycles. The van der Waals surface area contributed by atoms with Crippen LogP contribution in [0.4, 0.5) is 0 Å². The standard InChI is InChI=1S/C10H9Cl2NO/c1-14-10-7(3-2-4-13)5-8(11)6-9(10)12/h5-6H,2-3H2,1H3. The predicted octanol–water partition coefficient (Wildman–Crippen LogP) is 3.46. The highest BCUT2D eigenvalue weighted by Gasteiger charge is 2.08. The highest BCUT2D eigenvalue weighted by Crippen LogP contribution is 2.32. The van der Waals surface area contributed by atoms with Gasteiger partial charge in [-0.1, -0.05) is 23.2 Å². The molecule has 0 radical (unpaired) electrons. The zero-order chi connectivity index (χ0) is 10.6. The van der Waals surface area contributed by atoms with Crippen LogP contribution in [0.3, 0.4) is 0 Å². The van der Waals surface area contributed by atoms with Crippen LogP contribution < -0.4 is 4.74 Å². The topological polar surface area (TPSA) is 33.0 Å². The lowest BCUT2D eigenvalue weighted by Gasteiger charge is -2.09. The number of rotatable bonds is 3. The predicted molar refractivity (Wildman–Crippen MR) is 56.9 cm³/mol. The summed E-state index contributed by atoms with van der Waals surface area (Å²) in [5, 5.41) is 9.51. The van der Waals surface area contributed by atoms with Crippen LogP contribution in [-0.2, 0) is 6.42 Å². The van der Waals surface area contributed by atoms with Gasteiger partial charge in [-0.25, -0.2) is 0 Å². The molecule has 0 atom stereocenters. The summed E-state index contributed by atoms with van der Waals surface area (Å²) in [7, 11) is 1.55. The number of hydrogen-bond donors (Lipinski definition) is 0. The van der Waals surface area contributed by atoms with E-state index in [0.717, 1.165) is 5.56 Å². The molecule has 0 heterocycles. The Morgan fingerprint density at radius 3 is 2.71 bits per heavy atom. The highest BCUT2D eigenvalue weighted by molar-refractivity contribution is 6.35. The molecular weight excluding hydrogens is 221 g/mol. The summed E-state index contributed by atoms with van der Waals surface area (Å²) in [5.41, 5.74) is 0.867. The maximum atomic E-state index is 8.47. The average Bonchev–Trinajstić information content (AvgIpc) is 2.14. The first-order chi connectivity index (χ1) is 6.69. The van der Waals surface area contributed by atoms with Crippen LogP contribution in [0.2, 0.25) is 10.0 Å². The van der Waals surface area contributed by atoms with E-state index in [-0.39, 0.29) is 0 Å². The molecule has 14 heavy (non-hydrogen) atoms. The second kappa shape index (κ2) is 5.09. The van der Waals surface area contributed by atoms with Crippen LogP contribution in [0.25, 0.3) is 0 Å². The summed E-state index contributed by atoms with van der Waals surface area (Å²) in [6.07, 6.45) is 1.02. The van der Waals surface area contributed by atoms with Crippen molar-refractivity contribution >= 4 is 23.2 Å². The van der Waals surface area contributed by atoms with Crippen molar-refractivity contribution in [2.24, 2.45) is 0 Å². The van der Waals surface area contributed by atoms with Crippen molar-refractivity contribution in [3.05, 3.63) is 27.7 Å². The van der Waals surface area contributed by atoms with Gasteiger partial charge in [-0.15, -0.1) is 0 Å². The monoisotopic (exact) mass is 229 g/mol. The minimum Gasteiger partial charge on any atom is -0.495 e. The van der Waals surface area contributed by atoms with E-state index < -0.39 is 0 Å². The molecular formula is C10H9Cl2NO. The van der Waals surface area contributed by atoms with Crippen LogP contribution in [0.5, 0.6) is 5.75 Å². The van der Waals surface area contributed by atoms with Crippen molar-refractivity contribution in [3.63, 3.8) is 0 Å². The van der Waals surface area contributed by atoms with E-state index in [2.05, 4.69) is 6.07 Å². The SMILES string of the molecule is COc1c(Cl)cc(Cl)cc1CCC#N. The van der Waals surface area contributed by atoms with E-state index >= 15 is 0 Å². The van der Waals surface area contributed by atoms with E-state index in [4.69, 9.17) is 33.2 Å². The van der Waals surface area contributed by atoms with Crippen LogP contribution in [0.15, 0.2) is 12.1 Å². The summed E-state index contributed by atoms with van der Waals surface area (Å²) in [6, 6.07) is 5.46. The van der Waals surface area contributed by atoms with Gasteiger partial charge < -0.3 is 4.74 Å². The molecule has 0 N–H and O–H groups in total. The Kier molecular flexibility index (Phi) is 4.06. The molecule has 0 unspecified atom stereocenters. The molecule has 0 aliphatic carbocycles. The van der Waals surface area contributed by atoms with E-state index in [0.29, 0.717) is 28.6 Å². The number of nitriles is 1. The number of aryl methyl sites for hydroxylation is 1. The number of hydrogen-bond acceptors (Lipinski definition) is 2. The number of ether oxygens (including phenoxy) is 1. The number of halogens is 2. The van der Waals surface area contributed by atoms with Gasteiger partial charge in [-0.2, -0.15) is 5.26 Å². The molecule has 0 amide bonds. The van der Waals surface area contributed by atoms with Gasteiger partial charge in [0.05, 0.1) is 18.2 Å². The number of benzene rings is 1. The Morgan fingerprint density at radius 1 is 1.43 bits per heavy atom. The van der Waals surface area contributed by atoms with E-state index in [1.807, 2.05) is 0 Å². The summed E-state index contributed by atoms with van der Waals surface area (Å²) >= 11 is 11.8. The quantitative estimate of drug-likeness (QED) is 0.796. The largest absolute Gasteiger partial charge is 0.495 e. The molecule has 0 aliphatic heterocycles. The smallest absolute Gasteiger partial charge is 0.140 e. The summed E-state index contributed by atoms with van der Waals surface area (Å²) < 4.78 is 5.13. The van der Waals surface area contributed by atoms with E-state index in [9.17, 15) is 0 Å². The fourth-order valence-electron chi connectivity index (χ4n) is 1.22. The first-order valence-electron chi connectivity index (χ1n) is 4.08. The lowest BCUT2D eigenvalue weighted by Crippen LogP contribution is -1.93. The van der Waals surface area contributed by atoms with Crippen molar-refractivity contribution in [2.75, 3.05) is 7.11 Å². The van der Waals surface area contributed by atoms with Crippen molar-refractivity contribution < 1.29 is 4.74 Å². The van der Waals surface area contributed by atoms with Gasteiger partial charge >= 0.3 is 0 Å². The van der Waals surface area contributed by atoms with Crippen molar-refractivity contribution in [1.82, 2.24) is 0 Å². The van der Waals surface area contributed by atoms with Crippen molar-refractivity contribution in [1.29, 1.82) is 5.26 Å². The summed E-state index contributed by atoms with van der Waals surface area (Å²) in [6.45, 7) is 0. The lowest BCUT2D eigenvalue weighted by molar-refractivity contribution is 0.410. The molecule has 0 bridgehead atoms.